The van der Waals surface area contributed by atoms with Crippen LogP contribution in [0.4, 0.5) is 0 Å². The molecule has 0 atom stereocenters. The highest BCUT2D eigenvalue weighted by molar-refractivity contribution is 7.89. The van der Waals surface area contributed by atoms with Crippen LogP contribution in [-0.4, -0.2) is 22.1 Å². The molecule has 1 aliphatic carbocycles. The molecular formula is C19H25NO3S2. The van der Waals surface area contributed by atoms with Crippen LogP contribution in [0, 0.1) is 6.92 Å². The van der Waals surface area contributed by atoms with Gasteiger partial charge in [0.15, 0.2) is 0 Å². The van der Waals surface area contributed by atoms with Crippen LogP contribution in [0.1, 0.15) is 42.5 Å². The van der Waals surface area contributed by atoms with Gasteiger partial charge in [0.1, 0.15) is 10.6 Å². The van der Waals surface area contributed by atoms with Gasteiger partial charge in [-0.2, -0.15) is 0 Å². The second-order valence-electron chi connectivity index (χ2n) is 6.80. The van der Waals surface area contributed by atoms with Crippen LogP contribution >= 0.6 is 11.3 Å². The van der Waals surface area contributed by atoms with E-state index >= 15 is 0 Å². The average Bonchev–Trinajstić information content (AvgIpc) is 3.16. The molecule has 1 aromatic carbocycles. The summed E-state index contributed by atoms with van der Waals surface area (Å²) in [5, 5.41) is 2.07. The predicted molar refractivity (Wildman–Crippen MR) is 102 cm³/mol. The molecule has 1 saturated carbocycles. The van der Waals surface area contributed by atoms with Gasteiger partial charge in [0.25, 0.3) is 0 Å². The Bertz CT molecular complexity index is 807. The Morgan fingerprint density at radius 1 is 1.20 bits per heavy atom. The fraction of sp³-hybridized carbons (Fsp3) is 0.474. The van der Waals surface area contributed by atoms with E-state index in [1.165, 1.54) is 18.4 Å². The monoisotopic (exact) mass is 379 g/mol. The number of ether oxygens (including phenoxy) is 1. The summed E-state index contributed by atoms with van der Waals surface area (Å²) >= 11 is 1.73. The Balaban J connectivity index is 1.87. The number of hydrogen-bond acceptors (Lipinski definition) is 4. The molecule has 136 valence electrons. The maximum Gasteiger partial charge on any atom is 0.244 e. The minimum atomic E-state index is -3.62. The molecular weight excluding hydrogens is 354 g/mol. The molecule has 1 aromatic heterocycles. The molecule has 6 heteroatoms. The largest absolute Gasteiger partial charge is 0.495 e. The van der Waals surface area contributed by atoms with Gasteiger partial charge in [-0.3, -0.25) is 0 Å². The van der Waals surface area contributed by atoms with Crippen molar-refractivity contribution in [3.05, 3.63) is 46.2 Å². The van der Waals surface area contributed by atoms with Crippen molar-refractivity contribution in [1.29, 1.82) is 0 Å². The van der Waals surface area contributed by atoms with Crippen LogP contribution in [0.2, 0.25) is 0 Å². The van der Waals surface area contributed by atoms with E-state index in [0.29, 0.717) is 12.3 Å². The Labute approximate surface area is 154 Å². The maximum atomic E-state index is 12.9. The second-order valence-corrected chi connectivity index (χ2v) is 9.48. The van der Waals surface area contributed by atoms with Crippen molar-refractivity contribution in [3.8, 4) is 5.75 Å². The van der Waals surface area contributed by atoms with E-state index in [1.54, 1.807) is 23.5 Å². The topological polar surface area (TPSA) is 55.4 Å². The summed E-state index contributed by atoms with van der Waals surface area (Å²) in [5.41, 5.74) is 0.808. The molecule has 0 spiro atoms. The van der Waals surface area contributed by atoms with Gasteiger partial charge in [-0.25, -0.2) is 13.1 Å². The minimum absolute atomic E-state index is 0.0868. The Kier molecular flexibility index (Phi) is 5.51. The summed E-state index contributed by atoms with van der Waals surface area (Å²) < 4.78 is 34.0. The smallest absolute Gasteiger partial charge is 0.244 e. The van der Waals surface area contributed by atoms with Crippen molar-refractivity contribution < 1.29 is 13.2 Å². The molecule has 0 bridgehead atoms. The molecule has 1 aliphatic rings. The van der Waals surface area contributed by atoms with Gasteiger partial charge in [-0.05, 0) is 48.9 Å². The van der Waals surface area contributed by atoms with Gasteiger partial charge >= 0.3 is 0 Å². The van der Waals surface area contributed by atoms with Crippen LogP contribution in [-0.2, 0) is 15.4 Å². The zero-order chi connectivity index (χ0) is 17.9. The zero-order valence-corrected chi connectivity index (χ0v) is 16.4. The van der Waals surface area contributed by atoms with E-state index in [4.69, 9.17) is 4.74 Å². The van der Waals surface area contributed by atoms with Crippen LogP contribution in [0.15, 0.2) is 40.6 Å². The van der Waals surface area contributed by atoms with Crippen molar-refractivity contribution >= 4 is 21.4 Å². The molecule has 25 heavy (non-hydrogen) atoms. The number of rotatable bonds is 6. The van der Waals surface area contributed by atoms with Crippen molar-refractivity contribution in [2.75, 3.05) is 13.7 Å². The highest BCUT2D eigenvalue weighted by Gasteiger charge is 2.36. The third-order valence-electron chi connectivity index (χ3n) is 5.06. The third kappa shape index (κ3) is 3.91. The number of methoxy groups -OCH3 is 1. The van der Waals surface area contributed by atoms with Gasteiger partial charge in [-0.1, -0.05) is 31.4 Å². The second kappa shape index (κ2) is 7.48. The number of sulfonamides is 1. The lowest BCUT2D eigenvalue weighted by Crippen LogP contribution is -2.41. The van der Waals surface area contributed by atoms with Crippen molar-refractivity contribution in [2.45, 2.75) is 49.3 Å². The minimum Gasteiger partial charge on any atom is -0.495 e. The zero-order valence-electron chi connectivity index (χ0n) is 14.7. The Morgan fingerprint density at radius 2 is 1.96 bits per heavy atom. The molecule has 0 aliphatic heterocycles. The van der Waals surface area contributed by atoms with Crippen LogP contribution in [0.25, 0.3) is 0 Å². The number of nitrogens with one attached hydrogen (secondary N) is 1. The van der Waals surface area contributed by atoms with Gasteiger partial charge in [0.2, 0.25) is 10.0 Å². The first kappa shape index (κ1) is 18.4. The number of aryl methyl sites for hydroxylation is 1. The molecule has 1 N–H and O–H groups in total. The summed E-state index contributed by atoms with van der Waals surface area (Å²) in [6, 6.07) is 9.41. The molecule has 0 amide bonds. The van der Waals surface area contributed by atoms with E-state index in [-0.39, 0.29) is 10.3 Å². The van der Waals surface area contributed by atoms with Crippen LogP contribution in [0.3, 0.4) is 0 Å². The van der Waals surface area contributed by atoms with Gasteiger partial charge < -0.3 is 4.74 Å². The lowest BCUT2D eigenvalue weighted by atomic mass is 9.73. The van der Waals surface area contributed by atoms with Crippen LogP contribution in [0.5, 0.6) is 5.75 Å². The van der Waals surface area contributed by atoms with Crippen molar-refractivity contribution in [2.24, 2.45) is 0 Å². The Hall–Kier alpha value is -1.37. The molecule has 0 saturated heterocycles. The summed E-state index contributed by atoms with van der Waals surface area (Å²) in [4.78, 5) is 1.50. The lowest BCUT2D eigenvalue weighted by molar-refractivity contribution is 0.298. The van der Waals surface area contributed by atoms with Crippen molar-refractivity contribution in [3.63, 3.8) is 0 Å². The first-order valence-electron chi connectivity index (χ1n) is 8.65. The normalized spacial score (nSPS) is 17.4. The molecule has 3 rings (SSSR count). The summed E-state index contributed by atoms with van der Waals surface area (Å²) in [7, 11) is -2.13. The van der Waals surface area contributed by atoms with E-state index in [1.807, 2.05) is 13.0 Å². The predicted octanol–water partition coefficient (Wildman–Crippen LogP) is 4.25. The average molecular weight is 380 g/mol. The fourth-order valence-electron chi connectivity index (χ4n) is 3.62. The standard InChI is InChI=1S/C19H25NO3S2/c1-15-8-9-16(23-2)17(13-15)25(21,22)20-14-19(10-4-3-5-11-19)18-7-6-12-24-18/h6-9,12-13,20H,3-5,10-11,14H2,1-2H3. The molecule has 1 fully saturated rings. The lowest BCUT2D eigenvalue weighted by Gasteiger charge is -2.36. The Morgan fingerprint density at radius 3 is 2.60 bits per heavy atom. The van der Waals surface area contributed by atoms with E-state index in [2.05, 4.69) is 22.2 Å². The highest BCUT2D eigenvalue weighted by Crippen LogP contribution is 2.41. The number of thiophene rings is 1. The van der Waals surface area contributed by atoms with Crippen LogP contribution < -0.4 is 9.46 Å². The molecule has 0 unspecified atom stereocenters. The SMILES string of the molecule is COc1ccc(C)cc1S(=O)(=O)NCC1(c2cccs2)CCCCC1. The van der Waals surface area contributed by atoms with E-state index < -0.39 is 10.0 Å². The quantitative estimate of drug-likeness (QED) is 0.816. The summed E-state index contributed by atoms with van der Waals surface area (Å²) in [5.74, 6) is 0.381. The van der Waals surface area contributed by atoms with E-state index in [9.17, 15) is 8.42 Å². The van der Waals surface area contributed by atoms with E-state index in [0.717, 1.165) is 31.2 Å². The maximum absolute atomic E-state index is 12.9. The van der Waals surface area contributed by atoms with Gasteiger partial charge in [0, 0.05) is 16.8 Å². The summed E-state index contributed by atoms with van der Waals surface area (Å²) in [6.45, 7) is 2.32. The first-order valence-corrected chi connectivity index (χ1v) is 11.0. The number of hydrogen-bond donors (Lipinski definition) is 1. The van der Waals surface area contributed by atoms with Gasteiger partial charge in [0.05, 0.1) is 7.11 Å². The summed E-state index contributed by atoms with van der Waals surface area (Å²) in [6.07, 6.45) is 5.58. The number of benzene rings is 1. The first-order chi connectivity index (χ1) is 12.0. The molecule has 4 nitrogen and oxygen atoms in total. The highest BCUT2D eigenvalue weighted by atomic mass is 32.2. The third-order valence-corrected chi connectivity index (χ3v) is 7.60. The van der Waals surface area contributed by atoms with Gasteiger partial charge in [-0.15, -0.1) is 11.3 Å². The molecule has 1 heterocycles. The molecule has 0 radical (unpaired) electrons. The van der Waals surface area contributed by atoms with Crippen molar-refractivity contribution in [1.82, 2.24) is 4.72 Å². The molecule has 2 aromatic rings. The fourth-order valence-corrected chi connectivity index (χ4v) is 5.99.